The first-order valence-corrected chi connectivity index (χ1v) is 5.80. The fourth-order valence-corrected chi connectivity index (χ4v) is 1.44. The third kappa shape index (κ3) is 4.64. The molecule has 7 heteroatoms. The fourth-order valence-electron chi connectivity index (χ4n) is 1.27. The van der Waals surface area contributed by atoms with Gasteiger partial charge in [0.15, 0.2) is 0 Å². The van der Waals surface area contributed by atoms with Gasteiger partial charge < -0.3 is 21.1 Å². The van der Waals surface area contributed by atoms with Crippen LogP contribution in [0.25, 0.3) is 0 Å². The number of amides is 1. The van der Waals surface area contributed by atoms with Crippen molar-refractivity contribution < 1.29 is 9.53 Å². The Morgan fingerprint density at radius 2 is 2.39 bits per heavy atom. The molecule has 1 aromatic heterocycles. The van der Waals surface area contributed by atoms with Crippen LogP contribution in [0, 0.1) is 0 Å². The number of pyridine rings is 1. The van der Waals surface area contributed by atoms with E-state index < -0.39 is 0 Å². The summed E-state index contributed by atoms with van der Waals surface area (Å²) in [5.74, 6) is -0.134. The highest BCUT2D eigenvalue weighted by atomic mass is 32.1. The normalized spacial score (nSPS) is 9.83. The standard InChI is InChI=1S/C11H16N4O2S/c1-17-6-5-13-9(16)7-15-8-3-2-4-14-10(8)11(12)18/h2-4,15H,5-7H2,1H3,(H2,12,18)(H,13,16). The molecule has 0 spiro atoms. The monoisotopic (exact) mass is 268 g/mol. The Bertz CT molecular complexity index is 425. The van der Waals surface area contributed by atoms with E-state index in [0.717, 1.165) is 0 Å². The van der Waals surface area contributed by atoms with Gasteiger partial charge in [0.25, 0.3) is 0 Å². The van der Waals surface area contributed by atoms with Gasteiger partial charge in [-0.15, -0.1) is 0 Å². The molecule has 0 fully saturated rings. The molecule has 0 aliphatic rings. The van der Waals surface area contributed by atoms with Crippen molar-refractivity contribution in [3.63, 3.8) is 0 Å². The highest BCUT2D eigenvalue weighted by Gasteiger charge is 2.07. The molecule has 0 aromatic carbocycles. The molecular weight excluding hydrogens is 252 g/mol. The maximum absolute atomic E-state index is 11.5. The van der Waals surface area contributed by atoms with Crippen molar-refractivity contribution in [1.82, 2.24) is 10.3 Å². The van der Waals surface area contributed by atoms with E-state index in [-0.39, 0.29) is 17.4 Å². The zero-order valence-electron chi connectivity index (χ0n) is 10.1. The van der Waals surface area contributed by atoms with Gasteiger partial charge in [-0.05, 0) is 12.1 Å². The molecule has 0 atom stereocenters. The quantitative estimate of drug-likeness (QED) is 0.472. The predicted molar refractivity (Wildman–Crippen MR) is 73.5 cm³/mol. The number of nitrogens with zero attached hydrogens (tertiary/aromatic N) is 1. The lowest BCUT2D eigenvalue weighted by Crippen LogP contribution is -2.32. The molecule has 0 unspecified atom stereocenters. The van der Waals surface area contributed by atoms with E-state index in [1.165, 1.54) is 0 Å². The van der Waals surface area contributed by atoms with Crippen LogP contribution < -0.4 is 16.4 Å². The SMILES string of the molecule is COCCNC(=O)CNc1cccnc1C(N)=S. The van der Waals surface area contributed by atoms with E-state index in [4.69, 9.17) is 22.7 Å². The van der Waals surface area contributed by atoms with E-state index in [2.05, 4.69) is 15.6 Å². The van der Waals surface area contributed by atoms with Gasteiger partial charge >= 0.3 is 0 Å². The summed E-state index contributed by atoms with van der Waals surface area (Å²) in [7, 11) is 1.58. The van der Waals surface area contributed by atoms with Crippen LogP contribution in [0.15, 0.2) is 18.3 Å². The number of ether oxygens (including phenoxy) is 1. The highest BCUT2D eigenvalue weighted by molar-refractivity contribution is 7.80. The molecule has 0 radical (unpaired) electrons. The van der Waals surface area contributed by atoms with Gasteiger partial charge in [-0.1, -0.05) is 12.2 Å². The van der Waals surface area contributed by atoms with Crippen molar-refractivity contribution in [2.75, 3.05) is 32.1 Å². The van der Waals surface area contributed by atoms with Crippen molar-refractivity contribution in [1.29, 1.82) is 0 Å². The first-order chi connectivity index (χ1) is 8.65. The molecule has 4 N–H and O–H groups in total. The number of rotatable bonds is 7. The number of nitrogens with one attached hydrogen (secondary N) is 2. The largest absolute Gasteiger partial charge is 0.388 e. The predicted octanol–water partition coefficient (Wildman–Crippen LogP) is -0.110. The van der Waals surface area contributed by atoms with Crippen LogP contribution in [-0.4, -0.2) is 42.7 Å². The molecule has 18 heavy (non-hydrogen) atoms. The zero-order valence-corrected chi connectivity index (χ0v) is 10.9. The van der Waals surface area contributed by atoms with E-state index in [1.807, 2.05) is 0 Å². The summed E-state index contributed by atoms with van der Waals surface area (Å²) in [4.78, 5) is 15.7. The molecule has 0 bridgehead atoms. The highest BCUT2D eigenvalue weighted by Crippen LogP contribution is 2.10. The summed E-state index contributed by atoms with van der Waals surface area (Å²) in [6, 6.07) is 3.51. The molecule has 1 rings (SSSR count). The third-order valence-corrected chi connectivity index (χ3v) is 2.30. The lowest BCUT2D eigenvalue weighted by Gasteiger charge is -2.10. The number of anilines is 1. The van der Waals surface area contributed by atoms with Gasteiger partial charge in [0.05, 0.1) is 18.8 Å². The molecule has 98 valence electrons. The molecule has 1 heterocycles. The Balaban J connectivity index is 2.48. The van der Waals surface area contributed by atoms with Crippen molar-refractivity contribution in [2.24, 2.45) is 5.73 Å². The van der Waals surface area contributed by atoms with Crippen LogP contribution in [0.2, 0.25) is 0 Å². The van der Waals surface area contributed by atoms with E-state index in [9.17, 15) is 4.79 Å². The molecule has 0 aliphatic carbocycles. The molecule has 6 nitrogen and oxygen atoms in total. The summed E-state index contributed by atoms with van der Waals surface area (Å²) in [6.07, 6.45) is 1.60. The molecule has 0 saturated carbocycles. The summed E-state index contributed by atoms with van der Waals surface area (Å²) >= 11 is 4.87. The van der Waals surface area contributed by atoms with Crippen LogP contribution in [0.4, 0.5) is 5.69 Å². The molecule has 0 saturated heterocycles. The number of carbonyl (C=O) groups excluding carboxylic acids is 1. The Hall–Kier alpha value is -1.73. The van der Waals surface area contributed by atoms with Crippen molar-refractivity contribution >= 4 is 28.8 Å². The maximum Gasteiger partial charge on any atom is 0.239 e. The second kappa shape index (κ2) is 7.57. The van der Waals surface area contributed by atoms with Crippen LogP contribution >= 0.6 is 12.2 Å². The second-order valence-electron chi connectivity index (χ2n) is 3.46. The Labute approximate surface area is 111 Å². The molecule has 1 aromatic rings. The summed E-state index contributed by atoms with van der Waals surface area (Å²) < 4.78 is 4.83. The molecule has 1 amide bonds. The summed E-state index contributed by atoms with van der Waals surface area (Å²) in [5, 5.41) is 5.63. The van der Waals surface area contributed by atoms with E-state index in [0.29, 0.717) is 24.5 Å². The van der Waals surface area contributed by atoms with Crippen molar-refractivity contribution in [3.05, 3.63) is 24.0 Å². The van der Waals surface area contributed by atoms with Crippen molar-refractivity contribution in [3.8, 4) is 0 Å². The first-order valence-electron chi connectivity index (χ1n) is 5.39. The average Bonchev–Trinajstić information content (AvgIpc) is 2.37. The van der Waals surface area contributed by atoms with Gasteiger partial charge in [0.1, 0.15) is 10.7 Å². The Morgan fingerprint density at radius 1 is 1.61 bits per heavy atom. The van der Waals surface area contributed by atoms with Crippen LogP contribution in [0.1, 0.15) is 5.69 Å². The number of methoxy groups -OCH3 is 1. The van der Waals surface area contributed by atoms with Gasteiger partial charge in [0.2, 0.25) is 5.91 Å². The lowest BCUT2D eigenvalue weighted by atomic mass is 10.3. The first kappa shape index (κ1) is 14.3. The zero-order chi connectivity index (χ0) is 13.4. The van der Waals surface area contributed by atoms with Gasteiger partial charge in [-0.3, -0.25) is 9.78 Å². The maximum atomic E-state index is 11.5. The lowest BCUT2D eigenvalue weighted by molar-refractivity contribution is -0.119. The van der Waals surface area contributed by atoms with E-state index in [1.54, 1.807) is 25.4 Å². The van der Waals surface area contributed by atoms with E-state index >= 15 is 0 Å². The number of hydrogen-bond acceptors (Lipinski definition) is 5. The molecular formula is C11H16N4O2S. The third-order valence-electron chi connectivity index (χ3n) is 2.11. The van der Waals surface area contributed by atoms with Crippen LogP contribution in [-0.2, 0) is 9.53 Å². The van der Waals surface area contributed by atoms with Gasteiger partial charge in [-0.25, -0.2) is 0 Å². The number of aromatic nitrogens is 1. The number of carbonyl (C=O) groups is 1. The minimum Gasteiger partial charge on any atom is -0.388 e. The number of hydrogen-bond donors (Lipinski definition) is 3. The smallest absolute Gasteiger partial charge is 0.239 e. The average molecular weight is 268 g/mol. The van der Waals surface area contributed by atoms with Crippen molar-refractivity contribution in [2.45, 2.75) is 0 Å². The second-order valence-corrected chi connectivity index (χ2v) is 3.90. The summed E-state index contributed by atoms with van der Waals surface area (Å²) in [6.45, 7) is 1.09. The number of thiocarbonyl (C=S) groups is 1. The minimum atomic E-state index is -0.134. The Kier molecular flexibility index (Phi) is 6.03. The fraction of sp³-hybridized carbons (Fsp3) is 0.364. The summed E-state index contributed by atoms with van der Waals surface area (Å²) in [5.41, 5.74) is 6.66. The minimum absolute atomic E-state index is 0.130. The van der Waals surface area contributed by atoms with Crippen LogP contribution in [0.3, 0.4) is 0 Å². The molecule has 0 aliphatic heterocycles. The number of nitrogens with two attached hydrogens (primary N) is 1. The Morgan fingerprint density at radius 3 is 3.06 bits per heavy atom. The van der Waals surface area contributed by atoms with Gasteiger partial charge in [0, 0.05) is 19.9 Å². The topological polar surface area (TPSA) is 89.3 Å². The van der Waals surface area contributed by atoms with Gasteiger partial charge in [-0.2, -0.15) is 0 Å². The van der Waals surface area contributed by atoms with Crippen LogP contribution in [0.5, 0.6) is 0 Å².